The second-order valence-corrected chi connectivity index (χ2v) is 2.74. The van der Waals surface area contributed by atoms with Crippen molar-refractivity contribution in [1.29, 1.82) is 0 Å². The number of ether oxygens (including phenoxy) is 1. The van der Waals surface area contributed by atoms with E-state index in [9.17, 15) is 18.0 Å². The normalized spacial score (nSPS) is 11.3. The van der Waals surface area contributed by atoms with Crippen LogP contribution in [0.15, 0.2) is 6.20 Å². The molecule has 0 saturated carbocycles. The maximum absolute atomic E-state index is 12.5. The molecule has 2 N–H and O–H groups in total. The van der Waals surface area contributed by atoms with Crippen LogP contribution in [0.3, 0.4) is 0 Å². The molecule has 0 spiro atoms. The van der Waals surface area contributed by atoms with Crippen LogP contribution in [0, 0.1) is 0 Å². The van der Waals surface area contributed by atoms with Gasteiger partial charge in [-0.05, 0) is 0 Å². The highest BCUT2D eigenvalue weighted by Crippen LogP contribution is 2.29. The number of carbonyl (C=O) groups excluding carboxylic acids is 1. The number of hydrogen-bond acceptors (Lipinski definition) is 5. The molecule has 1 heterocycles. The second-order valence-electron chi connectivity index (χ2n) is 2.74. The van der Waals surface area contributed by atoms with Crippen LogP contribution in [0.1, 0.15) is 21.9 Å². The summed E-state index contributed by atoms with van der Waals surface area (Å²) < 4.78 is 41.7. The first-order chi connectivity index (χ1) is 7.40. The zero-order chi connectivity index (χ0) is 12.3. The first-order valence-electron chi connectivity index (χ1n) is 4.11. The number of hydrogen-bond donors (Lipinski definition) is 1. The third-order valence-corrected chi connectivity index (χ3v) is 1.70. The quantitative estimate of drug-likeness (QED) is 0.765. The van der Waals surface area contributed by atoms with E-state index < -0.39 is 35.8 Å². The van der Waals surface area contributed by atoms with Crippen LogP contribution in [-0.4, -0.2) is 23.0 Å². The van der Waals surface area contributed by atoms with Crippen molar-refractivity contribution in [3.05, 3.63) is 23.3 Å². The molecule has 0 bridgehead atoms. The predicted molar refractivity (Wildman–Crippen MR) is 46.3 cm³/mol. The van der Waals surface area contributed by atoms with Crippen LogP contribution in [0.2, 0.25) is 0 Å². The number of esters is 1. The van der Waals surface area contributed by atoms with E-state index in [4.69, 9.17) is 5.73 Å². The van der Waals surface area contributed by atoms with E-state index >= 15 is 0 Å². The van der Waals surface area contributed by atoms with Crippen LogP contribution in [-0.2, 0) is 17.5 Å². The Morgan fingerprint density at radius 1 is 1.56 bits per heavy atom. The van der Waals surface area contributed by atoms with Gasteiger partial charge in [-0.1, -0.05) is 0 Å². The second kappa shape index (κ2) is 4.44. The van der Waals surface area contributed by atoms with E-state index in [1.54, 1.807) is 0 Å². The standard InChI is InChI=1S/C8H8F3N3O2/c1-16-7(15)5-3-13-4(2-12)6(14-5)8(9,10)11/h3H,2,12H2,1H3. The van der Waals surface area contributed by atoms with Crippen molar-refractivity contribution in [3.8, 4) is 0 Å². The van der Waals surface area contributed by atoms with Crippen molar-refractivity contribution in [2.45, 2.75) is 12.7 Å². The summed E-state index contributed by atoms with van der Waals surface area (Å²) in [6, 6.07) is 0. The van der Waals surface area contributed by atoms with Crippen molar-refractivity contribution < 1.29 is 22.7 Å². The van der Waals surface area contributed by atoms with E-state index in [0.29, 0.717) is 0 Å². The van der Waals surface area contributed by atoms with Crippen molar-refractivity contribution in [2.24, 2.45) is 5.73 Å². The predicted octanol–water partition coefficient (Wildman–Crippen LogP) is 0.741. The third-order valence-electron chi connectivity index (χ3n) is 1.70. The Morgan fingerprint density at radius 2 is 2.19 bits per heavy atom. The number of alkyl halides is 3. The summed E-state index contributed by atoms with van der Waals surface area (Å²) in [6.45, 7) is -0.413. The molecule has 1 rings (SSSR count). The van der Waals surface area contributed by atoms with Gasteiger partial charge in [0.05, 0.1) is 19.0 Å². The summed E-state index contributed by atoms with van der Waals surface area (Å²) in [6.07, 6.45) is -3.81. The van der Waals surface area contributed by atoms with Gasteiger partial charge in [0.2, 0.25) is 0 Å². The number of nitrogens with two attached hydrogens (primary N) is 1. The monoisotopic (exact) mass is 235 g/mol. The molecule has 8 heteroatoms. The fourth-order valence-electron chi connectivity index (χ4n) is 0.993. The Labute approximate surface area is 88.4 Å². The maximum Gasteiger partial charge on any atom is 0.435 e. The number of nitrogens with zero attached hydrogens (tertiary/aromatic N) is 2. The lowest BCUT2D eigenvalue weighted by molar-refractivity contribution is -0.142. The van der Waals surface area contributed by atoms with Crippen molar-refractivity contribution in [3.63, 3.8) is 0 Å². The Morgan fingerprint density at radius 3 is 2.62 bits per heavy atom. The maximum atomic E-state index is 12.5. The Hall–Kier alpha value is -1.70. The van der Waals surface area contributed by atoms with Crippen molar-refractivity contribution in [2.75, 3.05) is 7.11 Å². The van der Waals surface area contributed by atoms with Gasteiger partial charge in [0.15, 0.2) is 11.4 Å². The van der Waals surface area contributed by atoms with Crippen LogP contribution in [0.25, 0.3) is 0 Å². The number of methoxy groups -OCH3 is 1. The number of carbonyl (C=O) groups is 1. The summed E-state index contributed by atoms with van der Waals surface area (Å²) in [5.41, 5.74) is 2.90. The van der Waals surface area contributed by atoms with Gasteiger partial charge in [0, 0.05) is 6.54 Å². The van der Waals surface area contributed by atoms with E-state index in [-0.39, 0.29) is 0 Å². The molecule has 88 valence electrons. The van der Waals surface area contributed by atoms with Gasteiger partial charge in [0.25, 0.3) is 0 Å². The molecule has 5 nitrogen and oxygen atoms in total. The van der Waals surface area contributed by atoms with Gasteiger partial charge >= 0.3 is 12.1 Å². The molecule has 0 amide bonds. The lowest BCUT2D eigenvalue weighted by Gasteiger charge is -2.10. The van der Waals surface area contributed by atoms with E-state index in [0.717, 1.165) is 13.3 Å². The van der Waals surface area contributed by atoms with Crippen molar-refractivity contribution in [1.82, 2.24) is 9.97 Å². The highest BCUT2D eigenvalue weighted by molar-refractivity contribution is 5.86. The molecule has 16 heavy (non-hydrogen) atoms. The highest BCUT2D eigenvalue weighted by atomic mass is 19.4. The van der Waals surface area contributed by atoms with Crippen LogP contribution >= 0.6 is 0 Å². The fraction of sp³-hybridized carbons (Fsp3) is 0.375. The molecule has 1 aromatic heterocycles. The largest absolute Gasteiger partial charge is 0.464 e. The SMILES string of the molecule is COC(=O)c1cnc(CN)c(C(F)(F)F)n1. The molecule has 0 fully saturated rings. The minimum Gasteiger partial charge on any atom is -0.464 e. The minimum absolute atomic E-state index is 0.413. The zero-order valence-electron chi connectivity index (χ0n) is 8.21. The molecule has 0 unspecified atom stereocenters. The molecule has 1 aromatic rings. The molecular weight excluding hydrogens is 227 g/mol. The summed E-state index contributed by atoms with van der Waals surface area (Å²) in [5.74, 6) is -0.985. The van der Waals surface area contributed by atoms with Crippen LogP contribution in [0.4, 0.5) is 13.2 Å². The highest BCUT2D eigenvalue weighted by Gasteiger charge is 2.36. The van der Waals surface area contributed by atoms with E-state index in [1.807, 2.05) is 0 Å². The van der Waals surface area contributed by atoms with Gasteiger partial charge in [-0.15, -0.1) is 0 Å². The summed E-state index contributed by atoms with van der Waals surface area (Å²) >= 11 is 0. The van der Waals surface area contributed by atoms with Crippen LogP contribution in [0.5, 0.6) is 0 Å². The Kier molecular flexibility index (Phi) is 3.43. The van der Waals surface area contributed by atoms with Gasteiger partial charge < -0.3 is 10.5 Å². The average Bonchev–Trinajstić information content (AvgIpc) is 2.26. The number of rotatable bonds is 2. The topological polar surface area (TPSA) is 78.1 Å². The molecule has 0 aromatic carbocycles. The molecule has 0 atom stereocenters. The van der Waals surface area contributed by atoms with Gasteiger partial charge in [-0.2, -0.15) is 13.2 Å². The van der Waals surface area contributed by atoms with Crippen molar-refractivity contribution >= 4 is 5.97 Å². The Bertz CT molecular complexity index is 406. The molecule has 0 saturated heterocycles. The lowest BCUT2D eigenvalue weighted by Crippen LogP contribution is -2.19. The Balaban J connectivity index is 3.27. The molecule has 0 aliphatic rings. The zero-order valence-corrected chi connectivity index (χ0v) is 8.21. The summed E-state index contributed by atoms with van der Waals surface area (Å²) in [5, 5.41) is 0. The third kappa shape index (κ3) is 2.45. The van der Waals surface area contributed by atoms with Gasteiger partial charge in [-0.25, -0.2) is 9.78 Å². The van der Waals surface area contributed by atoms with Gasteiger partial charge in [0.1, 0.15) is 0 Å². The minimum atomic E-state index is -4.70. The fourth-order valence-corrected chi connectivity index (χ4v) is 0.993. The van der Waals surface area contributed by atoms with Crippen LogP contribution < -0.4 is 5.73 Å². The number of halogens is 3. The number of aromatic nitrogens is 2. The molecule has 0 aliphatic carbocycles. The van der Waals surface area contributed by atoms with Gasteiger partial charge in [-0.3, -0.25) is 4.98 Å². The first-order valence-corrected chi connectivity index (χ1v) is 4.11. The summed E-state index contributed by atoms with van der Waals surface area (Å²) in [4.78, 5) is 17.5. The lowest BCUT2D eigenvalue weighted by atomic mass is 10.2. The summed E-state index contributed by atoms with van der Waals surface area (Å²) in [7, 11) is 1.04. The molecule has 0 aliphatic heterocycles. The molecular formula is C8H8F3N3O2. The van der Waals surface area contributed by atoms with E-state index in [1.165, 1.54) is 0 Å². The van der Waals surface area contributed by atoms with E-state index in [2.05, 4.69) is 14.7 Å². The average molecular weight is 235 g/mol. The molecule has 0 radical (unpaired) electrons. The smallest absolute Gasteiger partial charge is 0.435 e. The first kappa shape index (κ1) is 12.4.